The molecule has 1 unspecified atom stereocenters. The molecule has 116 valence electrons. The molecule has 3 aliphatic carbocycles. The van der Waals surface area contributed by atoms with E-state index in [1.807, 2.05) is 0 Å². The van der Waals surface area contributed by atoms with Gasteiger partial charge in [-0.2, -0.15) is 0 Å². The lowest BCUT2D eigenvalue weighted by atomic mass is 9.82. The zero-order chi connectivity index (χ0) is 14.2. The van der Waals surface area contributed by atoms with Gasteiger partial charge in [0.25, 0.3) is 0 Å². The van der Waals surface area contributed by atoms with E-state index in [9.17, 15) is 0 Å². The first-order valence-corrected chi connectivity index (χ1v) is 8.98. The summed E-state index contributed by atoms with van der Waals surface area (Å²) in [5.74, 6) is 1.99. The normalized spacial score (nSPS) is 34.2. The molecule has 2 nitrogen and oxygen atoms in total. The molecule has 0 heterocycles. The minimum absolute atomic E-state index is 0.332. The minimum atomic E-state index is 0.332. The highest BCUT2D eigenvalue weighted by Gasteiger charge is 2.42. The average Bonchev–Trinajstić information content (AvgIpc) is 3.24. The molecular formula is C18H34N2. The molecular weight excluding hydrogens is 244 g/mol. The van der Waals surface area contributed by atoms with Gasteiger partial charge < -0.3 is 5.73 Å². The van der Waals surface area contributed by atoms with E-state index >= 15 is 0 Å². The van der Waals surface area contributed by atoms with Crippen LogP contribution in [0.1, 0.15) is 71.6 Å². The standard InChI is InChI=1S/C18H34N2/c1-17(2)8-3-9-18(14-19,11-10-17)20(12-15-4-5-15)13-16-6-7-16/h15-16H,3-14,19H2,1-2H3. The molecule has 2 N–H and O–H groups in total. The van der Waals surface area contributed by atoms with Crippen LogP contribution in [0.2, 0.25) is 0 Å². The highest BCUT2D eigenvalue weighted by molar-refractivity contribution is 4.99. The summed E-state index contributed by atoms with van der Waals surface area (Å²) in [6, 6.07) is 0. The Kier molecular flexibility index (Phi) is 4.16. The number of hydrogen-bond donors (Lipinski definition) is 1. The van der Waals surface area contributed by atoms with Gasteiger partial charge in [-0.15, -0.1) is 0 Å². The van der Waals surface area contributed by atoms with Gasteiger partial charge >= 0.3 is 0 Å². The Morgan fingerprint density at radius 2 is 1.50 bits per heavy atom. The second kappa shape index (κ2) is 5.61. The van der Waals surface area contributed by atoms with Gasteiger partial charge in [0.1, 0.15) is 0 Å². The van der Waals surface area contributed by atoms with Crippen LogP contribution < -0.4 is 5.73 Å². The van der Waals surface area contributed by atoms with Gasteiger partial charge in [-0.25, -0.2) is 0 Å². The summed E-state index contributed by atoms with van der Waals surface area (Å²) in [7, 11) is 0. The summed E-state index contributed by atoms with van der Waals surface area (Å²) < 4.78 is 0. The quantitative estimate of drug-likeness (QED) is 0.749. The van der Waals surface area contributed by atoms with Crippen LogP contribution in [0.15, 0.2) is 0 Å². The van der Waals surface area contributed by atoms with E-state index < -0.39 is 0 Å². The maximum absolute atomic E-state index is 6.35. The SMILES string of the molecule is CC1(C)CCCC(CN)(N(CC2CC2)CC2CC2)CC1. The van der Waals surface area contributed by atoms with Gasteiger partial charge in [0, 0.05) is 25.2 Å². The first-order chi connectivity index (χ1) is 9.53. The van der Waals surface area contributed by atoms with Crippen molar-refractivity contribution in [3.05, 3.63) is 0 Å². The molecule has 3 aliphatic rings. The Morgan fingerprint density at radius 1 is 0.900 bits per heavy atom. The van der Waals surface area contributed by atoms with Crippen molar-refractivity contribution in [3.8, 4) is 0 Å². The van der Waals surface area contributed by atoms with Crippen LogP contribution in [0.25, 0.3) is 0 Å². The fourth-order valence-electron chi connectivity index (χ4n) is 4.05. The lowest BCUT2D eigenvalue weighted by Crippen LogP contribution is -2.55. The van der Waals surface area contributed by atoms with Crippen LogP contribution in [-0.4, -0.2) is 30.1 Å². The molecule has 0 radical (unpaired) electrons. The topological polar surface area (TPSA) is 29.3 Å². The predicted molar refractivity (Wildman–Crippen MR) is 85.7 cm³/mol. The first kappa shape index (κ1) is 14.8. The molecule has 0 spiro atoms. The van der Waals surface area contributed by atoms with Crippen LogP contribution in [0.3, 0.4) is 0 Å². The van der Waals surface area contributed by atoms with Crippen LogP contribution in [-0.2, 0) is 0 Å². The molecule has 0 saturated heterocycles. The van der Waals surface area contributed by atoms with E-state index in [1.165, 1.54) is 70.9 Å². The van der Waals surface area contributed by atoms with Crippen molar-refractivity contribution in [2.75, 3.05) is 19.6 Å². The van der Waals surface area contributed by atoms with E-state index in [0.29, 0.717) is 11.0 Å². The molecule has 0 aromatic carbocycles. The van der Waals surface area contributed by atoms with E-state index in [4.69, 9.17) is 5.73 Å². The molecule has 0 aliphatic heterocycles. The molecule has 0 amide bonds. The Hall–Kier alpha value is -0.0800. The molecule has 0 aromatic rings. The third kappa shape index (κ3) is 3.57. The second-order valence-electron chi connectivity index (χ2n) is 8.74. The highest BCUT2D eigenvalue weighted by Crippen LogP contribution is 2.43. The number of hydrogen-bond acceptors (Lipinski definition) is 2. The molecule has 1 atom stereocenters. The van der Waals surface area contributed by atoms with Crippen LogP contribution in [0, 0.1) is 17.3 Å². The van der Waals surface area contributed by atoms with Gasteiger partial charge in [0.15, 0.2) is 0 Å². The van der Waals surface area contributed by atoms with Crippen molar-refractivity contribution in [3.63, 3.8) is 0 Å². The summed E-state index contributed by atoms with van der Waals surface area (Å²) in [6.45, 7) is 8.46. The van der Waals surface area contributed by atoms with E-state index in [2.05, 4.69) is 18.7 Å². The third-order valence-corrected chi connectivity index (χ3v) is 6.16. The molecule has 3 rings (SSSR count). The first-order valence-electron chi connectivity index (χ1n) is 8.98. The van der Waals surface area contributed by atoms with Crippen molar-refractivity contribution in [2.24, 2.45) is 23.0 Å². The van der Waals surface area contributed by atoms with Crippen LogP contribution >= 0.6 is 0 Å². The second-order valence-corrected chi connectivity index (χ2v) is 8.74. The van der Waals surface area contributed by atoms with E-state index in [1.54, 1.807) is 0 Å². The van der Waals surface area contributed by atoms with E-state index in [-0.39, 0.29) is 0 Å². The minimum Gasteiger partial charge on any atom is -0.329 e. The maximum Gasteiger partial charge on any atom is 0.0332 e. The predicted octanol–water partition coefficient (Wildman–Crippen LogP) is 3.80. The zero-order valence-electron chi connectivity index (χ0n) is 13.7. The van der Waals surface area contributed by atoms with Crippen LogP contribution in [0.4, 0.5) is 0 Å². The highest BCUT2D eigenvalue weighted by atomic mass is 15.2. The van der Waals surface area contributed by atoms with Gasteiger partial charge in [0.2, 0.25) is 0 Å². The van der Waals surface area contributed by atoms with Crippen LogP contribution in [0.5, 0.6) is 0 Å². The Morgan fingerprint density at radius 3 is 2.00 bits per heavy atom. The van der Waals surface area contributed by atoms with Crippen molar-refractivity contribution < 1.29 is 0 Å². The molecule has 2 heteroatoms. The molecule has 20 heavy (non-hydrogen) atoms. The van der Waals surface area contributed by atoms with Crippen molar-refractivity contribution in [1.29, 1.82) is 0 Å². The fourth-order valence-corrected chi connectivity index (χ4v) is 4.05. The Labute approximate surface area is 125 Å². The lowest BCUT2D eigenvalue weighted by molar-refractivity contribution is 0.0650. The summed E-state index contributed by atoms with van der Waals surface area (Å²) >= 11 is 0. The zero-order valence-corrected chi connectivity index (χ0v) is 13.7. The monoisotopic (exact) mass is 278 g/mol. The van der Waals surface area contributed by atoms with Gasteiger partial charge in [0.05, 0.1) is 0 Å². The van der Waals surface area contributed by atoms with Gasteiger partial charge in [-0.05, 0) is 68.6 Å². The van der Waals surface area contributed by atoms with Crippen molar-refractivity contribution in [1.82, 2.24) is 4.90 Å². The number of nitrogens with zero attached hydrogens (tertiary/aromatic N) is 1. The summed E-state index contributed by atoms with van der Waals surface area (Å²) in [6.07, 6.45) is 12.6. The smallest absolute Gasteiger partial charge is 0.0332 e. The van der Waals surface area contributed by atoms with Crippen molar-refractivity contribution >= 4 is 0 Å². The fraction of sp³-hybridized carbons (Fsp3) is 1.00. The maximum atomic E-state index is 6.35. The number of nitrogens with two attached hydrogens (primary N) is 1. The Bertz CT molecular complexity index is 316. The average molecular weight is 278 g/mol. The Balaban J connectivity index is 1.72. The summed E-state index contributed by atoms with van der Waals surface area (Å²) in [5, 5.41) is 0. The molecule has 3 fully saturated rings. The largest absolute Gasteiger partial charge is 0.329 e. The van der Waals surface area contributed by atoms with Gasteiger partial charge in [-0.1, -0.05) is 20.3 Å². The third-order valence-electron chi connectivity index (χ3n) is 6.16. The summed E-state index contributed by atoms with van der Waals surface area (Å²) in [5.41, 5.74) is 7.21. The van der Waals surface area contributed by atoms with Crippen molar-refractivity contribution in [2.45, 2.75) is 77.2 Å². The molecule has 3 saturated carbocycles. The summed E-state index contributed by atoms with van der Waals surface area (Å²) in [4.78, 5) is 2.86. The van der Waals surface area contributed by atoms with E-state index in [0.717, 1.165) is 18.4 Å². The van der Waals surface area contributed by atoms with Gasteiger partial charge in [-0.3, -0.25) is 4.90 Å². The number of rotatable bonds is 6. The molecule has 0 aromatic heterocycles. The molecule has 0 bridgehead atoms. The lowest BCUT2D eigenvalue weighted by Gasteiger charge is -2.44.